The van der Waals surface area contributed by atoms with E-state index in [1.165, 1.54) is 6.92 Å². The van der Waals surface area contributed by atoms with Gasteiger partial charge in [-0.1, -0.05) is 39.3 Å². The molecule has 0 heterocycles. The van der Waals surface area contributed by atoms with E-state index < -0.39 is 24.1 Å². The summed E-state index contributed by atoms with van der Waals surface area (Å²) < 4.78 is 5.86. The topological polar surface area (TPSA) is 101 Å². The molecule has 0 aromatic carbocycles. The monoisotopic (exact) mass is 514 g/mol. The van der Waals surface area contributed by atoms with Crippen molar-refractivity contribution in [2.75, 3.05) is 0 Å². The summed E-state index contributed by atoms with van der Waals surface area (Å²) in [5.41, 5.74) is 1.42. The highest BCUT2D eigenvalue weighted by Gasteiger charge is 2.70. The summed E-state index contributed by atoms with van der Waals surface area (Å²) in [4.78, 5) is 37.4. The Morgan fingerprint density at radius 3 is 2.38 bits per heavy atom. The number of carboxylic acid groups (broad SMARTS) is 1. The number of carbonyl (C=O) groups is 3. The molecule has 4 saturated carbocycles. The number of aliphatic carboxylic acids is 1. The Bertz CT molecular complexity index is 1040. The molecule has 4 rings (SSSR count). The highest BCUT2D eigenvalue weighted by atomic mass is 16.5. The van der Waals surface area contributed by atoms with Gasteiger partial charge in [-0.2, -0.15) is 0 Å². The Hall–Kier alpha value is -1.95. The number of Topliss-reactive ketones (excluding diaryl/α,β-unsaturated/α-hetero) is 1. The lowest BCUT2D eigenvalue weighted by Crippen LogP contribution is -2.65. The molecule has 0 amide bonds. The Kier molecular flexibility index (Phi) is 7.33. The van der Waals surface area contributed by atoms with E-state index in [0.29, 0.717) is 49.0 Å². The van der Waals surface area contributed by atoms with Crippen molar-refractivity contribution in [1.29, 1.82) is 0 Å². The van der Waals surface area contributed by atoms with Crippen LogP contribution in [0.4, 0.5) is 0 Å². The first kappa shape index (κ1) is 28.1. The van der Waals surface area contributed by atoms with Crippen molar-refractivity contribution in [3.63, 3.8) is 0 Å². The standard InChI is InChI=1S/C31H46O6/c1-17(2)9-8-10-20(28(35)36)26-22-15-24(34)27-29(5)13-12-23(33)18(3)21(29)11-14-30(27,6)31(22,7)16-25(26)37-19(4)32/h9,18,21-22,24-25,27,34H,8,10-16H2,1-7H3,(H,35,36)/b26-20-/t18-,21-,22-,24+,25-,27-,29-,30-,31-/m1/s1. The van der Waals surface area contributed by atoms with Crippen LogP contribution in [0.2, 0.25) is 0 Å². The van der Waals surface area contributed by atoms with Gasteiger partial charge in [0.1, 0.15) is 11.9 Å². The molecule has 4 fully saturated rings. The number of ether oxygens (including phenoxy) is 1. The van der Waals surface area contributed by atoms with Crippen LogP contribution in [0.25, 0.3) is 0 Å². The smallest absolute Gasteiger partial charge is 0.331 e. The first-order chi connectivity index (χ1) is 17.2. The van der Waals surface area contributed by atoms with Gasteiger partial charge in [-0.3, -0.25) is 9.59 Å². The predicted molar refractivity (Wildman–Crippen MR) is 142 cm³/mol. The Morgan fingerprint density at radius 2 is 1.78 bits per heavy atom. The summed E-state index contributed by atoms with van der Waals surface area (Å²) in [5, 5.41) is 22.2. The van der Waals surface area contributed by atoms with Crippen molar-refractivity contribution in [2.24, 2.45) is 39.9 Å². The molecule has 206 valence electrons. The molecule has 37 heavy (non-hydrogen) atoms. The maximum atomic E-state index is 12.6. The van der Waals surface area contributed by atoms with E-state index in [9.17, 15) is 24.6 Å². The molecule has 0 radical (unpaired) electrons. The van der Waals surface area contributed by atoms with Crippen molar-refractivity contribution in [3.8, 4) is 0 Å². The second-order valence-corrected chi connectivity index (χ2v) is 13.4. The molecule has 2 N–H and O–H groups in total. The van der Waals surface area contributed by atoms with Gasteiger partial charge in [-0.25, -0.2) is 4.79 Å². The maximum Gasteiger partial charge on any atom is 0.331 e. The van der Waals surface area contributed by atoms with Gasteiger partial charge in [0.25, 0.3) is 0 Å². The first-order valence-corrected chi connectivity index (χ1v) is 14.1. The zero-order chi connectivity index (χ0) is 27.5. The van der Waals surface area contributed by atoms with E-state index in [1.807, 2.05) is 19.9 Å². The lowest BCUT2D eigenvalue weighted by Gasteiger charge is -2.68. The first-order valence-electron chi connectivity index (χ1n) is 14.1. The second-order valence-electron chi connectivity index (χ2n) is 13.4. The molecule has 0 bridgehead atoms. The van der Waals surface area contributed by atoms with Gasteiger partial charge in [0.2, 0.25) is 0 Å². The lowest BCUT2D eigenvalue weighted by atomic mass is 9.36. The number of fused-ring (bicyclic) bond motifs is 5. The van der Waals surface area contributed by atoms with E-state index >= 15 is 0 Å². The number of carbonyl (C=O) groups excluding carboxylic acids is 2. The van der Waals surface area contributed by atoms with Crippen LogP contribution < -0.4 is 0 Å². The number of carboxylic acids is 1. The van der Waals surface area contributed by atoms with Crippen LogP contribution in [0.3, 0.4) is 0 Å². The van der Waals surface area contributed by atoms with Gasteiger partial charge >= 0.3 is 11.9 Å². The fourth-order valence-electron chi connectivity index (χ4n) is 9.60. The van der Waals surface area contributed by atoms with E-state index in [-0.39, 0.29) is 39.9 Å². The Morgan fingerprint density at radius 1 is 1.11 bits per heavy atom. The summed E-state index contributed by atoms with van der Waals surface area (Å²) in [6.07, 6.45) is 6.01. The largest absolute Gasteiger partial charge is 0.478 e. The number of esters is 1. The Labute approximate surface area is 221 Å². The van der Waals surface area contributed by atoms with E-state index in [2.05, 4.69) is 27.7 Å². The van der Waals surface area contributed by atoms with Crippen molar-refractivity contribution in [1.82, 2.24) is 0 Å². The molecular weight excluding hydrogens is 468 g/mol. The molecule has 9 atom stereocenters. The molecule has 0 unspecified atom stereocenters. The molecule has 4 aliphatic carbocycles. The maximum absolute atomic E-state index is 12.6. The number of rotatable bonds is 5. The van der Waals surface area contributed by atoms with Crippen LogP contribution >= 0.6 is 0 Å². The normalized spacial score (nSPS) is 44.3. The van der Waals surface area contributed by atoms with Crippen LogP contribution in [-0.2, 0) is 19.1 Å². The molecule has 4 aliphatic rings. The van der Waals surface area contributed by atoms with Gasteiger partial charge in [0, 0.05) is 24.8 Å². The van der Waals surface area contributed by atoms with Gasteiger partial charge in [-0.05, 0) is 98.4 Å². The third-order valence-corrected chi connectivity index (χ3v) is 11.4. The van der Waals surface area contributed by atoms with Gasteiger partial charge in [0.05, 0.1) is 6.10 Å². The minimum absolute atomic E-state index is 0.00236. The molecule has 0 aromatic heterocycles. The number of allylic oxidation sites excluding steroid dienone is 2. The zero-order valence-corrected chi connectivity index (χ0v) is 23.7. The highest BCUT2D eigenvalue weighted by Crippen LogP contribution is 2.74. The predicted octanol–water partition coefficient (Wildman–Crippen LogP) is 5.87. The van der Waals surface area contributed by atoms with Crippen LogP contribution in [0.1, 0.15) is 99.8 Å². The number of hydrogen-bond donors (Lipinski definition) is 2. The molecular formula is C31H46O6. The molecule has 6 heteroatoms. The van der Waals surface area contributed by atoms with Crippen LogP contribution in [-0.4, -0.2) is 40.1 Å². The summed E-state index contributed by atoms with van der Waals surface area (Å²) in [6, 6.07) is 0. The van der Waals surface area contributed by atoms with Crippen LogP contribution in [0.5, 0.6) is 0 Å². The zero-order valence-electron chi connectivity index (χ0n) is 23.7. The van der Waals surface area contributed by atoms with Gasteiger partial charge in [-0.15, -0.1) is 0 Å². The molecule has 0 aliphatic heterocycles. The quantitative estimate of drug-likeness (QED) is 0.270. The molecule has 0 aromatic rings. The van der Waals surface area contributed by atoms with Gasteiger partial charge in [0.15, 0.2) is 0 Å². The minimum atomic E-state index is -0.962. The number of hydrogen-bond acceptors (Lipinski definition) is 5. The van der Waals surface area contributed by atoms with Crippen LogP contribution in [0, 0.1) is 39.9 Å². The second kappa shape index (κ2) is 9.66. The third kappa shape index (κ3) is 4.31. The molecule has 0 spiro atoms. The van der Waals surface area contributed by atoms with Crippen molar-refractivity contribution in [3.05, 3.63) is 22.8 Å². The SMILES string of the molecule is CC(=O)O[C@@H]1C[C@]2(C)[C@H](C[C@H](O)[C@@H]3[C@]4(C)CCC(=O)[C@H](C)[C@H]4CC[C@]32C)/C1=C(\CCC=C(C)C)C(=O)O. The third-order valence-electron chi connectivity index (χ3n) is 11.4. The highest BCUT2D eigenvalue weighted by molar-refractivity contribution is 5.88. The van der Waals surface area contributed by atoms with Crippen molar-refractivity contribution in [2.45, 2.75) is 112 Å². The summed E-state index contributed by atoms with van der Waals surface area (Å²) in [6.45, 7) is 14.3. The average molecular weight is 515 g/mol. The minimum Gasteiger partial charge on any atom is -0.478 e. The van der Waals surface area contributed by atoms with E-state index in [0.717, 1.165) is 24.8 Å². The molecule has 0 saturated heterocycles. The van der Waals surface area contributed by atoms with Crippen molar-refractivity contribution < 1.29 is 29.3 Å². The van der Waals surface area contributed by atoms with E-state index in [1.54, 1.807) is 0 Å². The summed E-state index contributed by atoms with van der Waals surface area (Å²) in [7, 11) is 0. The van der Waals surface area contributed by atoms with Crippen molar-refractivity contribution >= 4 is 17.7 Å². The lowest BCUT2D eigenvalue weighted by molar-refractivity contribution is -0.223. The number of aliphatic hydroxyl groups is 1. The van der Waals surface area contributed by atoms with E-state index in [4.69, 9.17) is 4.74 Å². The summed E-state index contributed by atoms with van der Waals surface area (Å²) in [5.74, 6) is -0.945. The van der Waals surface area contributed by atoms with Gasteiger partial charge < -0.3 is 14.9 Å². The number of ketones is 1. The fourth-order valence-corrected chi connectivity index (χ4v) is 9.60. The fraction of sp³-hybridized carbons (Fsp3) is 0.774. The average Bonchev–Trinajstić information content (AvgIpc) is 3.05. The molecule has 6 nitrogen and oxygen atoms in total. The number of aliphatic hydroxyl groups excluding tert-OH is 1. The Balaban J connectivity index is 1.83. The van der Waals surface area contributed by atoms with Crippen LogP contribution in [0.15, 0.2) is 22.8 Å². The summed E-state index contributed by atoms with van der Waals surface area (Å²) >= 11 is 0.